The first-order chi connectivity index (χ1) is 8.64. The molecule has 2 N–H and O–H groups in total. The summed E-state index contributed by atoms with van der Waals surface area (Å²) in [6.07, 6.45) is 6.77. The molecular weight excluding hydrogens is 222 g/mol. The van der Waals surface area contributed by atoms with E-state index in [1.807, 2.05) is 0 Å². The summed E-state index contributed by atoms with van der Waals surface area (Å²) in [4.78, 5) is 5.22. The fraction of sp³-hybridized carbons (Fsp3) is 1.00. The van der Waals surface area contributed by atoms with E-state index < -0.39 is 0 Å². The average molecular weight is 253 g/mol. The highest BCUT2D eigenvalue weighted by atomic mass is 15.3. The van der Waals surface area contributed by atoms with Crippen LogP contribution in [0.25, 0.3) is 0 Å². The fourth-order valence-electron chi connectivity index (χ4n) is 4.15. The monoisotopic (exact) mass is 253 g/mol. The Balaban J connectivity index is 2.15. The Morgan fingerprint density at radius 1 is 1.28 bits per heavy atom. The summed E-state index contributed by atoms with van der Waals surface area (Å²) in [5, 5.41) is 0. The van der Waals surface area contributed by atoms with Crippen molar-refractivity contribution < 1.29 is 0 Å². The summed E-state index contributed by atoms with van der Waals surface area (Å²) in [5.41, 5.74) is 6.57. The van der Waals surface area contributed by atoms with Crippen molar-refractivity contribution in [2.75, 3.05) is 33.2 Å². The topological polar surface area (TPSA) is 32.5 Å². The Bertz CT molecular complexity index is 268. The summed E-state index contributed by atoms with van der Waals surface area (Å²) in [5.74, 6) is 0.812. The zero-order valence-corrected chi connectivity index (χ0v) is 12.5. The minimum absolute atomic E-state index is 0.308. The molecule has 0 amide bonds. The van der Waals surface area contributed by atoms with Crippen LogP contribution in [-0.2, 0) is 0 Å². The van der Waals surface area contributed by atoms with E-state index in [1.165, 1.54) is 51.7 Å². The molecule has 1 heterocycles. The molecule has 0 spiro atoms. The Morgan fingerprint density at radius 3 is 2.67 bits per heavy atom. The predicted molar refractivity (Wildman–Crippen MR) is 77.7 cm³/mol. The van der Waals surface area contributed by atoms with Crippen molar-refractivity contribution in [3.63, 3.8) is 0 Å². The van der Waals surface area contributed by atoms with Crippen LogP contribution in [0.2, 0.25) is 0 Å². The summed E-state index contributed by atoms with van der Waals surface area (Å²) in [7, 11) is 2.25. The van der Waals surface area contributed by atoms with Gasteiger partial charge in [-0.1, -0.05) is 26.2 Å². The molecule has 18 heavy (non-hydrogen) atoms. The smallest absolute Gasteiger partial charge is 0.0360 e. The molecular formula is C15H31N3. The number of hydrogen-bond donors (Lipinski definition) is 1. The molecule has 106 valence electrons. The van der Waals surface area contributed by atoms with Gasteiger partial charge in [-0.05, 0) is 32.7 Å². The van der Waals surface area contributed by atoms with Crippen molar-refractivity contribution in [1.29, 1.82) is 0 Å². The second-order valence-electron chi connectivity index (χ2n) is 6.43. The van der Waals surface area contributed by atoms with Crippen LogP contribution in [0.5, 0.6) is 0 Å². The zero-order valence-electron chi connectivity index (χ0n) is 12.5. The summed E-state index contributed by atoms with van der Waals surface area (Å²) < 4.78 is 0. The second-order valence-corrected chi connectivity index (χ2v) is 6.43. The summed E-state index contributed by atoms with van der Waals surface area (Å²) in [6, 6.07) is 0.668. The summed E-state index contributed by atoms with van der Waals surface area (Å²) >= 11 is 0. The van der Waals surface area contributed by atoms with E-state index in [4.69, 9.17) is 5.73 Å². The van der Waals surface area contributed by atoms with Gasteiger partial charge in [0.15, 0.2) is 0 Å². The Hall–Kier alpha value is -0.120. The van der Waals surface area contributed by atoms with Crippen molar-refractivity contribution in [1.82, 2.24) is 9.80 Å². The molecule has 1 aliphatic carbocycles. The highest BCUT2D eigenvalue weighted by Gasteiger charge is 2.44. The van der Waals surface area contributed by atoms with Crippen molar-refractivity contribution in [3.05, 3.63) is 0 Å². The first-order valence-corrected chi connectivity index (χ1v) is 7.79. The van der Waals surface area contributed by atoms with E-state index in [0.29, 0.717) is 11.6 Å². The standard InChI is InChI=1S/C15H31N3/c1-4-14-7-5-6-8-15(14,12-16)18-10-9-17(3)13(2)11-18/h13-14H,4-12,16H2,1-3H3. The maximum absolute atomic E-state index is 6.26. The normalized spacial score (nSPS) is 40.0. The van der Waals surface area contributed by atoms with Gasteiger partial charge in [0.25, 0.3) is 0 Å². The maximum Gasteiger partial charge on any atom is 0.0360 e. The van der Waals surface area contributed by atoms with Crippen LogP contribution in [0, 0.1) is 5.92 Å². The van der Waals surface area contributed by atoms with Crippen LogP contribution in [0.3, 0.4) is 0 Å². The van der Waals surface area contributed by atoms with Gasteiger partial charge in [-0.25, -0.2) is 0 Å². The van der Waals surface area contributed by atoms with Crippen LogP contribution in [0.15, 0.2) is 0 Å². The van der Waals surface area contributed by atoms with E-state index in [0.717, 1.165) is 12.5 Å². The highest BCUT2D eigenvalue weighted by molar-refractivity contribution is 5.01. The molecule has 3 heteroatoms. The minimum atomic E-state index is 0.308. The molecule has 1 aliphatic heterocycles. The second kappa shape index (κ2) is 5.89. The lowest BCUT2D eigenvalue weighted by atomic mass is 9.70. The van der Waals surface area contributed by atoms with Crippen LogP contribution < -0.4 is 5.73 Å². The number of hydrogen-bond acceptors (Lipinski definition) is 3. The van der Waals surface area contributed by atoms with E-state index >= 15 is 0 Å². The Morgan fingerprint density at radius 2 is 2.06 bits per heavy atom. The molecule has 3 nitrogen and oxygen atoms in total. The third-order valence-electron chi connectivity index (χ3n) is 5.61. The first kappa shape index (κ1) is 14.3. The van der Waals surface area contributed by atoms with Crippen molar-refractivity contribution in [3.8, 4) is 0 Å². The molecule has 3 atom stereocenters. The fourth-order valence-corrected chi connectivity index (χ4v) is 4.15. The summed E-state index contributed by atoms with van der Waals surface area (Å²) in [6.45, 7) is 9.14. The SMILES string of the molecule is CCC1CCCCC1(CN)N1CCN(C)C(C)C1. The molecule has 1 saturated carbocycles. The molecule has 2 fully saturated rings. The van der Waals surface area contributed by atoms with Gasteiger partial charge >= 0.3 is 0 Å². The molecule has 0 aromatic carbocycles. The van der Waals surface area contributed by atoms with Gasteiger partial charge in [-0.3, -0.25) is 4.90 Å². The van der Waals surface area contributed by atoms with E-state index in [2.05, 4.69) is 30.7 Å². The van der Waals surface area contributed by atoms with Crippen molar-refractivity contribution in [2.45, 2.75) is 57.5 Å². The minimum Gasteiger partial charge on any atom is -0.329 e. The number of nitrogens with zero attached hydrogens (tertiary/aromatic N) is 2. The molecule has 2 rings (SSSR count). The van der Waals surface area contributed by atoms with Crippen LogP contribution in [0.1, 0.15) is 46.0 Å². The zero-order chi connectivity index (χ0) is 13.2. The molecule has 2 aliphatic rings. The molecule has 0 bridgehead atoms. The lowest BCUT2D eigenvalue weighted by Crippen LogP contribution is -2.65. The average Bonchev–Trinajstić information content (AvgIpc) is 2.41. The van der Waals surface area contributed by atoms with Gasteiger partial charge < -0.3 is 10.6 Å². The van der Waals surface area contributed by atoms with Gasteiger partial charge in [0.2, 0.25) is 0 Å². The lowest BCUT2D eigenvalue weighted by molar-refractivity contribution is -0.0374. The van der Waals surface area contributed by atoms with Gasteiger partial charge in [0, 0.05) is 37.8 Å². The maximum atomic E-state index is 6.26. The molecule has 0 radical (unpaired) electrons. The van der Waals surface area contributed by atoms with E-state index in [9.17, 15) is 0 Å². The first-order valence-electron chi connectivity index (χ1n) is 7.79. The highest BCUT2D eigenvalue weighted by Crippen LogP contribution is 2.40. The number of piperazine rings is 1. The lowest BCUT2D eigenvalue weighted by Gasteiger charge is -2.54. The van der Waals surface area contributed by atoms with Crippen molar-refractivity contribution >= 4 is 0 Å². The van der Waals surface area contributed by atoms with Crippen LogP contribution in [0.4, 0.5) is 0 Å². The third-order valence-corrected chi connectivity index (χ3v) is 5.61. The number of likely N-dealkylation sites (N-methyl/N-ethyl adjacent to an activating group) is 1. The van der Waals surface area contributed by atoms with Gasteiger partial charge in [-0.15, -0.1) is 0 Å². The van der Waals surface area contributed by atoms with E-state index in [-0.39, 0.29) is 0 Å². The number of nitrogens with two attached hydrogens (primary N) is 1. The van der Waals surface area contributed by atoms with Gasteiger partial charge in [0.1, 0.15) is 0 Å². The van der Waals surface area contributed by atoms with Gasteiger partial charge in [-0.2, -0.15) is 0 Å². The largest absolute Gasteiger partial charge is 0.329 e. The molecule has 1 saturated heterocycles. The van der Waals surface area contributed by atoms with Crippen molar-refractivity contribution in [2.24, 2.45) is 11.7 Å². The molecule has 0 aromatic rings. The van der Waals surface area contributed by atoms with Crippen LogP contribution >= 0.6 is 0 Å². The predicted octanol–water partition coefficient (Wildman–Crippen LogP) is 1.92. The van der Waals surface area contributed by atoms with Gasteiger partial charge in [0.05, 0.1) is 0 Å². The molecule has 0 aromatic heterocycles. The van der Waals surface area contributed by atoms with E-state index in [1.54, 1.807) is 0 Å². The Kier molecular flexibility index (Phi) is 4.68. The quantitative estimate of drug-likeness (QED) is 0.834. The third kappa shape index (κ3) is 2.45. The number of rotatable bonds is 3. The molecule has 3 unspecified atom stereocenters. The Labute approximate surface area is 113 Å². The van der Waals surface area contributed by atoms with Crippen LogP contribution in [-0.4, -0.2) is 54.6 Å².